The Balaban J connectivity index is 1.59. The summed E-state index contributed by atoms with van der Waals surface area (Å²) in [6.07, 6.45) is 5.43. The molecule has 2 aliphatic rings. The van der Waals surface area contributed by atoms with E-state index in [1.165, 1.54) is 37.0 Å². The van der Waals surface area contributed by atoms with Crippen LogP contribution >= 0.6 is 11.3 Å². The van der Waals surface area contributed by atoms with Crippen LogP contribution in [0.25, 0.3) is 0 Å². The molecule has 1 aromatic heterocycles. The summed E-state index contributed by atoms with van der Waals surface area (Å²) in [5, 5.41) is 3.19. The molecule has 0 spiro atoms. The zero-order chi connectivity index (χ0) is 14.8. The average Bonchev–Trinajstić information content (AvgIpc) is 3.20. The lowest BCUT2D eigenvalue weighted by molar-refractivity contribution is 0.0919. The number of nitrogens with two attached hydrogens (primary N) is 1. The van der Waals surface area contributed by atoms with Crippen LogP contribution in [0.1, 0.15) is 47.2 Å². The first-order valence-electron chi connectivity index (χ1n) is 7.77. The van der Waals surface area contributed by atoms with Crippen molar-refractivity contribution in [2.24, 2.45) is 23.5 Å². The van der Waals surface area contributed by atoms with Gasteiger partial charge in [-0.2, -0.15) is 0 Å². The molecule has 4 heteroatoms. The maximum atomic E-state index is 12.3. The number of nitrogens with one attached hydrogen (secondary N) is 1. The molecule has 2 fully saturated rings. The lowest BCUT2D eigenvalue weighted by atomic mass is 9.84. The van der Waals surface area contributed by atoms with Gasteiger partial charge < -0.3 is 11.1 Å². The van der Waals surface area contributed by atoms with Crippen molar-refractivity contribution in [3.05, 3.63) is 21.9 Å². The molecule has 0 radical (unpaired) electrons. The largest absolute Gasteiger partial charge is 0.349 e. The molecule has 1 aromatic rings. The molecule has 0 aromatic carbocycles. The van der Waals surface area contributed by atoms with E-state index < -0.39 is 0 Å². The topological polar surface area (TPSA) is 55.1 Å². The van der Waals surface area contributed by atoms with Gasteiger partial charge in [-0.05, 0) is 56.1 Å². The number of fused-ring (bicyclic) bond motifs is 2. The first kappa shape index (κ1) is 14.6. The van der Waals surface area contributed by atoms with E-state index in [-0.39, 0.29) is 11.9 Å². The van der Waals surface area contributed by atoms with Crippen LogP contribution in [0, 0.1) is 29.6 Å². The normalized spacial score (nSPS) is 28.0. The number of hydrogen-bond donors (Lipinski definition) is 2. The zero-order valence-corrected chi connectivity index (χ0v) is 13.2. The molecule has 2 aliphatic carbocycles. The molecule has 4 atom stereocenters. The van der Waals surface area contributed by atoms with Gasteiger partial charge in [0.25, 0.3) is 5.91 Å². The van der Waals surface area contributed by atoms with Crippen LogP contribution in [0.3, 0.4) is 0 Å². The second kappa shape index (κ2) is 6.21. The van der Waals surface area contributed by atoms with Crippen LogP contribution < -0.4 is 11.1 Å². The molecular formula is C17H22N2OS. The molecule has 2 saturated carbocycles. The second-order valence-corrected chi connectivity index (χ2v) is 7.35. The molecule has 3 nitrogen and oxygen atoms in total. The van der Waals surface area contributed by atoms with Crippen LogP contribution in [0.15, 0.2) is 12.1 Å². The lowest BCUT2D eigenvalue weighted by Crippen LogP contribution is -2.39. The van der Waals surface area contributed by atoms with Crippen molar-refractivity contribution in [1.29, 1.82) is 0 Å². The highest BCUT2D eigenvalue weighted by Crippen LogP contribution is 2.49. The number of thiophene rings is 1. The van der Waals surface area contributed by atoms with E-state index >= 15 is 0 Å². The number of hydrogen-bond acceptors (Lipinski definition) is 3. The van der Waals surface area contributed by atoms with Crippen molar-refractivity contribution < 1.29 is 4.79 Å². The summed E-state index contributed by atoms with van der Waals surface area (Å²) in [5.74, 6) is 8.25. The van der Waals surface area contributed by atoms with Gasteiger partial charge in [0.1, 0.15) is 0 Å². The fourth-order valence-corrected chi connectivity index (χ4v) is 4.74. The summed E-state index contributed by atoms with van der Waals surface area (Å²) < 4.78 is 0. The van der Waals surface area contributed by atoms with Gasteiger partial charge in [-0.15, -0.1) is 11.3 Å². The van der Waals surface area contributed by atoms with Gasteiger partial charge >= 0.3 is 0 Å². The van der Waals surface area contributed by atoms with E-state index in [4.69, 9.17) is 5.73 Å². The Hall–Kier alpha value is -1.31. The minimum Gasteiger partial charge on any atom is -0.349 e. The minimum absolute atomic E-state index is 0.0380. The predicted molar refractivity (Wildman–Crippen MR) is 86.1 cm³/mol. The van der Waals surface area contributed by atoms with Crippen LogP contribution in [0.4, 0.5) is 0 Å². The predicted octanol–water partition coefficient (Wildman–Crippen LogP) is 2.61. The fourth-order valence-electron chi connectivity index (χ4n) is 3.96. The first-order valence-corrected chi connectivity index (χ1v) is 8.58. The van der Waals surface area contributed by atoms with Crippen LogP contribution in [-0.2, 0) is 0 Å². The SMILES string of the molecule is CC(NC(=O)c1ccc(C#CCN)s1)C1CC2CCC1C2. The summed E-state index contributed by atoms with van der Waals surface area (Å²) in [5.41, 5.74) is 5.36. The van der Waals surface area contributed by atoms with Crippen LogP contribution in [0.5, 0.6) is 0 Å². The molecule has 4 unspecified atom stereocenters. The standard InChI is InChI=1S/C17H22N2OS/c1-11(15-10-12-4-5-13(15)9-12)19-17(20)16-7-6-14(21-16)3-2-8-18/h6-7,11-13,15H,4-5,8-10,18H2,1H3,(H,19,20). The third-order valence-corrected chi connectivity index (χ3v) is 5.94. The van der Waals surface area contributed by atoms with Gasteiger partial charge in [-0.1, -0.05) is 18.3 Å². The monoisotopic (exact) mass is 302 g/mol. The molecule has 1 heterocycles. The first-order chi connectivity index (χ1) is 10.2. The number of rotatable bonds is 3. The van der Waals surface area contributed by atoms with E-state index in [0.717, 1.165) is 21.6 Å². The van der Waals surface area contributed by atoms with Gasteiger partial charge in [0.2, 0.25) is 0 Å². The fraction of sp³-hybridized carbons (Fsp3) is 0.588. The Bertz CT molecular complexity index is 583. The molecule has 3 rings (SSSR count). The highest BCUT2D eigenvalue weighted by Gasteiger charge is 2.42. The summed E-state index contributed by atoms with van der Waals surface area (Å²) in [7, 11) is 0. The van der Waals surface area contributed by atoms with Crippen molar-refractivity contribution in [3.63, 3.8) is 0 Å². The van der Waals surface area contributed by atoms with Gasteiger partial charge in [0.15, 0.2) is 0 Å². The van der Waals surface area contributed by atoms with Gasteiger partial charge in [-0.3, -0.25) is 4.79 Å². The molecule has 3 N–H and O–H groups in total. The van der Waals surface area contributed by atoms with Crippen molar-refractivity contribution in [1.82, 2.24) is 5.32 Å². The summed E-state index contributed by atoms with van der Waals surface area (Å²) in [6.45, 7) is 2.51. The third-order valence-electron chi connectivity index (χ3n) is 4.94. The summed E-state index contributed by atoms with van der Waals surface area (Å²) in [4.78, 5) is 14.0. The Morgan fingerprint density at radius 2 is 2.33 bits per heavy atom. The van der Waals surface area contributed by atoms with E-state index in [2.05, 4.69) is 24.1 Å². The van der Waals surface area contributed by atoms with E-state index in [0.29, 0.717) is 12.5 Å². The Morgan fingerprint density at radius 3 is 3.00 bits per heavy atom. The van der Waals surface area contributed by atoms with Crippen molar-refractivity contribution in [2.45, 2.75) is 38.6 Å². The smallest absolute Gasteiger partial charge is 0.261 e. The molecule has 0 saturated heterocycles. The quantitative estimate of drug-likeness (QED) is 0.843. The highest BCUT2D eigenvalue weighted by atomic mass is 32.1. The third kappa shape index (κ3) is 3.14. The maximum absolute atomic E-state index is 12.3. The zero-order valence-electron chi connectivity index (χ0n) is 12.4. The van der Waals surface area contributed by atoms with E-state index in [1.807, 2.05) is 12.1 Å². The Labute approximate surface area is 130 Å². The maximum Gasteiger partial charge on any atom is 0.261 e. The molecule has 21 heavy (non-hydrogen) atoms. The number of amides is 1. The summed E-state index contributed by atoms with van der Waals surface area (Å²) >= 11 is 1.44. The van der Waals surface area contributed by atoms with E-state index in [1.54, 1.807) is 0 Å². The van der Waals surface area contributed by atoms with Gasteiger partial charge in [0.05, 0.1) is 16.3 Å². The molecule has 112 valence electrons. The highest BCUT2D eigenvalue weighted by molar-refractivity contribution is 7.14. The van der Waals surface area contributed by atoms with Gasteiger partial charge in [-0.25, -0.2) is 0 Å². The molecular weight excluding hydrogens is 280 g/mol. The van der Waals surface area contributed by atoms with E-state index in [9.17, 15) is 4.79 Å². The van der Waals surface area contributed by atoms with Crippen LogP contribution in [0.2, 0.25) is 0 Å². The van der Waals surface area contributed by atoms with Crippen molar-refractivity contribution in [3.8, 4) is 11.8 Å². The molecule has 1 amide bonds. The molecule has 0 aliphatic heterocycles. The summed E-state index contributed by atoms with van der Waals surface area (Å²) in [6, 6.07) is 4.02. The second-order valence-electron chi connectivity index (χ2n) is 6.27. The number of carbonyl (C=O) groups excluding carboxylic acids is 1. The van der Waals surface area contributed by atoms with Crippen LogP contribution in [-0.4, -0.2) is 18.5 Å². The lowest BCUT2D eigenvalue weighted by Gasteiger charge is -2.28. The van der Waals surface area contributed by atoms with Crippen molar-refractivity contribution >= 4 is 17.2 Å². The molecule has 2 bridgehead atoms. The average molecular weight is 302 g/mol. The van der Waals surface area contributed by atoms with Crippen molar-refractivity contribution in [2.75, 3.05) is 6.54 Å². The minimum atomic E-state index is 0.0380. The number of carbonyl (C=O) groups is 1. The Kier molecular flexibility index (Phi) is 4.32. The Morgan fingerprint density at radius 1 is 1.48 bits per heavy atom. The van der Waals surface area contributed by atoms with Gasteiger partial charge in [0, 0.05) is 6.04 Å².